The molecule has 0 fully saturated rings. The van der Waals surface area contributed by atoms with E-state index in [1.54, 1.807) is 31.2 Å². The maximum atomic E-state index is 10.9. The number of nitrogens with two attached hydrogens (primary N) is 2. The molecule has 0 spiro atoms. The molecule has 6 nitrogen and oxygen atoms in total. The summed E-state index contributed by atoms with van der Waals surface area (Å²) in [5.41, 5.74) is 11.8. The number of hydrogen-bond acceptors (Lipinski definition) is 3. The Morgan fingerprint density at radius 2 is 2.24 bits per heavy atom. The van der Waals surface area contributed by atoms with E-state index in [1.165, 1.54) is 0 Å². The highest BCUT2D eigenvalue weighted by Crippen LogP contribution is 2.18. The normalized spacial score (nSPS) is 11.6. The van der Waals surface area contributed by atoms with Gasteiger partial charge in [-0.2, -0.15) is 0 Å². The Labute approximate surface area is 99.3 Å². The van der Waals surface area contributed by atoms with Gasteiger partial charge in [0.05, 0.1) is 5.69 Å². The van der Waals surface area contributed by atoms with Crippen molar-refractivity contribution in [3.05, 3.63) is 24.3 Å². The number of nitrogens with zero attached hydrogens (tertiary/aromatic N) is 1. The average Bonchev–Trinajstić information content (AvgIpc) is 2.25. The summed E-state index contributed by atoms with van der Waals surface area (Å²) in [6.07, 6.45) is 0.488. The number of nitrogens with one attached hydrogen (secondary N) is 1. The third-order valence-corrected chi connectivity index (χ3v) is 2.15. The number of benzene rings is 1. The zero-order chi connectivity index (χ0) is 12.8. The number of carboxylic acids is 1. The van der Waals surface area contributed by atoms with Crippen molar-refractivity contribution >= 4 is 23.3 Å². The fourth-order valence-electron chi connectivity index (χ4n) is 1.35. The molecule has 0 bridgehead atoms. The molecule has 0 aliphatic rings. The van der Waals surface area contributed by atoms with Crippen LogP contribution < -0.4 is 16.8 Å². The number of aliphatic imine (C=N–C) groups is 1. The Morgan fingerprint density at radius 3 is 2.76 bits per heavy atom. The Morgan fingerprint density at radius 1 is 1.53 bits per heavy atom. The Bertz CT molecular complexity index is 427. The lowest BCUT2D eigenvalue weighted by molar-refractivity contribution is -0.137. The number of rotatable bonds is 5. The summed E-state index contributed by atoms with van der Waals surface area (Å²) < 4.78 is 0. The van der Waals surface area contributed by atoms with E-state index in [4.69, 9.17) is 16.6 Å². The monoisotopic (exact) mass is 236 g/mol. The van der Waals surface area contributed by atoms with E-state index in [-0.39, 0.29) is 5.96 Å². The number of hydrogen-bond donors (Lipinski definition) is 4. The zero-order valence-electron chi connectivity index (χ0n) is 9.55. The molecule has 92 valence electrons. The van der Waals surface area contributed by atoms with Crippen molar-refractivity contribution in [3.8, 4) is 0 Å². The molecule has 0 unspecified atom stereocenters. The highest BCUT2D eigenvalue weighted by molar-refractivity contribution is 5.80. The van der Waals surface area contributed by atoms with Crippen molar-refractivity contribution in [1.82, 2.24) is 0 Å². The molecule has 1 aromatic rings. The molecule has 0 radical (unpaired) electrons. The molecule has 0 aliphatic carbocycles. The predicted molar refractivity (Wildman–Crippen MR) is 67.2 cm³/mol. The molecule has 0 aromatic heterocycles. The smallest absolute Gasteiger partial charge is 0.326 e. The van der Waals surface area contributed by atoms with Gasteiger partial charge in [0, 0.05) is 5.69 Å². The predicted octanol–water partition coefficient (Wildman–Crippen LogP) is 0.867. The van der Waals surface area contributed by atoms with Gasteiger partial charge < -0.3 is 21.9 Å². The Hall–Kier alpha value is -2.24. The van der Waals surface area contributed by atoms with E-state index in [9.17, 15) is 4.79 Å². The van der Waals surface area contributed by atoms with Crippen LogP contribution in [0.3, 0.4) is 0 Å². The number of aliphatic carboxylic acids is 1. The molecular weight excluding hydrogens is 220 g/mol. The molecule has 0 heterocycles. The third kappa shape index (κ3) is 4.02. The molecular formula is C11H16N4O2. The van der Waals surface area contributed by atoms with E-state index >= 15 is 0 Å². The minimum absolute atomic E-state index is 0.0348. The largest absolute Gasteiger partial charge is 0.480 e. The molecule has 1 rings (SSSR count). The van der Waals surface area contributed by atoms with Gasteiger partial charge in [0.2, 0.25) is 0 Å². The maximum Gasteiger partial charge on any atom is 0.326 e. The van der Waals surface area contributed by atoms with E-state index < -0.39 is 12.0 Å². The Balaban J connectivity index is 2.85. The SMILES string of the molecule is CC[C@@H](Nc1cccc(N=C(N)N)c1)C(=O)O. The van der Waals surface area contributed by atoms with E-state index in [0.29, 0.717) is 17.8 Å². The van der Waals surface area contributed by atoms with Crippen LogP contribution in [0.25, 0.3) is 0 Å². The minimum Gasteiger partial charge on any atom is -0.480 e. The quantitative estimate of drug-likeness (QED) is 0.447. The van der Waals surface area contributed by atoms with E-state index in [0.717, 1.165) is 0 Å². The fourth-order valence-corrected chi connectivity index (χ4v) is 1.35. The van der Waals surface area contributed by atoms with Gasteiger partial charge in [0.15, 0.2) is 5.96 Å². The van der Waals surface area contributed by atoms with Gasteiger partial charge in [-0.25, -0.2) is 9.79 Å². The highest BCUT2D eigenvalue weighted by atomic mass is 16.4. The molecule has 6 heteroatoms. The van der Waals surface area contributed by atoms with E-state index in [2.05, 4.69) is 10.3 Å². The standard InChI is InChI=1S/C11H16N4O2/c1-2-9(10(16)17)14-7-4-3-5-8(6-7)15-11(12)13/h3-6,9,14H,2H2,1H3,(H,16,17)(H4,12,13,15)/t9-/m1/s1. The van der Waals surface area contributed by atoms with Crippen molar-refractivity contribution in [2.24, 2.45) is 16.5 Å². The van der Waals surface area contributed by atoms with Crippen molar-refractivity contribution in [2.45, 2.75) is 19.4 Å². The summed E-state index contributed by atoms with van der Waals surface area (Å²) in [6.45, 7) is 1.80. The van der Waals surface area contributed by atoms with Crippen molar-refractivity contribution < 1.29 is 9.90 Å². The second-order valence-electron chi connectivity index (χ2n) is 3.53. The maximum absolute atomic E-state index is 10.9. The zero-order valence-corrected chi connectivity index (χ0v) is 9.55. The van der Waals surface area contributed by atoms with Crippen LogP contribution in [-0.2, 0) is 4.79 Å². The first-order valence-electron chi connectivity index (χ1n) is 5.22. The summed E-state index contributed by atoms with van der Waals surface area (Å²) in [4.78, 5) is 14.8. The minimum atomic E-state index is -0.889. The second kappa shape index (κ2) is 5.74. The van der Waals surface area contributed by atoms with Gasteiger partial charge >= 0.3 is 5.97 Å². The highest BCUT2D eigenvalue weighted by Gasteiger charge is 2.14. The molecule has 0 amide bonds. The van der Waals surface area contributed by atoms with Gasteiger partial charge in [0.25, 0.3) is 0 Å². The molecule has 0 aliphatic heterocycles. The molecule has 6 N–H and O–H groups in total. The first-order valence-corrected chi connectivity index (χ1v) is 5.22. The first-order chi connectivity index (χ1) is 8.02. The summed E-state index contributed by atoms with van der Waals surface area (Å²) in [6, 6.07) is 6.30. The second-order valence-corrected chi connectivity index (χ2v) is 3.53. The van der Waals surface area contributed by atoms with Crippen molar-refractivity contribution in [1.29, 1.82) is 0 Å². The molecule has 1 aromatic carbocycles. The summed E-state index contributed by atoms with van der Waals surface area (Å²) in [5.74, 6) is -0.924. The molecule has 17 heavy (non-hydrogen) atoms. The van der Waals surface area contributed by atoms with E-state index in [1.807, 2.05) is 0 Å². The van der Waals surface area contributed by atoms with Crippen LogP contribution in [-0.4, -0.2) is 23.1 Å². The van der Waals surface area contributed by atoms with Crippen molar-refractivity contribution in [3.63, 3.8) is 0 Å². The van der Waals surface area contributed by atoms with Crippen LogP contribution in [0, 0.1) is 0 Å². The molecule has 0 saturated heterocycles. The topological polar surface area (TPSA) is 114 Å². The molecule has 1 atom stereocenters. The Kier molecular flexibility index (Phi) is 4.33. The lowest BCUT2D eigenvalue weighted by Gasteiger charge is -2.13. The average molecular weight is 236 g/mol. The lowest BCUT2D eigenvalue weighted by atomic mass is 10.2. The van der Waals surface area contributed by atoms with Crippen LogP contribution in [0.4, 0.5) is 11.4 Å². The van der Waals surface area contributed by atoms with Gasteiger partial charge in [-0.1, -0.05) is 13.0 Å². The molecule has 0 saturated carbocycles. The van der Waals surface area contributed by atoms with Gasteiger partial charge in [-0.05, 0) is 24.6 Å². The number of carbonyl (C=O) groups is 1. The van der Waals surface area contributed by atoms with Crippen LogP contribution in [0.5, 0.6) is 0 Å². The van der Waals surface area contributed by atoms with Gasteiger partial charge in [0.1, 0.15) is 6.04 Å². The lowest BCUT2D eigenvalue weighted by Crippen LogP contribution is -2.28. The number of carboxylic acid groups (broad SMARTS) is 1. The van der Waals surface area contributed by atoms with Gasteiger partial charge in [-0.3, -0.25) is 0 Å². The first kappa shape index (κ1) is 12.8. The van der Waals surface area contributed by atoms with Gasteiger partial charge in [-0.15, -0.1) is 0 Å². The summed E-state index contributed by atoms with van der Waals surface area (Å²) in [5, 5.41) is 11.8. The number of guanidine groups is 1. The van der Waals surface area contributed by atoms with Crippen molar-refractivity contribution in [2.75, 3.05) is 5.32 Å². The fraction of sp³-hybridized carbons (Fsp3) is 0.273. The summed E-state index contributed by atoms with van der Waals surface area (Å²) >= 11 is 0. The number of anilines is 1. The summed E-state index contributed by atoms with van der Waals surface area (Å²) in [7, 11) is 0. The van der Waals surface area contributed by atoms with Crippen LogP contribution >= 0.6 is 0 Å². The van der Waals surface area contributed by atoms with Crippen LogP contribution in [0.15, 0.2) is 29.3 Å². The third-order valence-electron chi connectivity index (χ3n) is 2.15. The van der Waals surface area contributed by atoms with Crippen LogP contribution in [0.2, 0.25) is 0 Å². The van der Waals surface area contributed by atoms with Crippen LogP contribution in [0.1, 0.15) is 13.3 Å².